The minimum atomic E-state index is -0.179. The first kappa shape index (κ1) is 14.9. The molecule has 0 N–H and O–H groups in total. The van der Waals surface area contributed by atoms with Gasteiger partial charge in [-0.25, -0.2) is 0 Å². The Balaban J connectivity index is 1.77. The zero-order chi connectivity index (χ0) is 15.9. The second-order valence-electron chi connectivity index (χ2n) is 6.68. The summed E-state index contributed by atoms with van der Waals surface area (Å²) in [7, 11) is 0. The van der Waals surface area contributed by atoms with E-state index >= 15 is 0 Å². The standard InChI is InChI=1S/C20H20BrNO/c21-16-11-9-15(10-12-16)18-20(13-5-2-6-14-20)19(23)22(18)17-7-3-1-4-8-17/h1,3-4,7-12,18H,2,5-6,13-14H2. The molecule has 2 nitrogen and oxygen atoms in total. The van der Waals surface area contributed by atoms with Gasteiger partial charge in [0.1, 0.15) is 0 Å². The van der Waals surface area contributed by atoms with Gasteiger partial charge in [-0.2, -0.15) is 0 Å². The van der Waals surface area contributed by atoms with E-state index in [9.17, 15) is 4.79 Å². The number of hydrogen-bond donors (Lipinski definition) is 0. The fourth-order valence-electron chi connectivity index (χ4n) is 4.29. The number of amides is 1. The third-order valence-electron chi connectivity index (χ3n) is 5.39. The van der Waals surface area contributed by atoms with Gasteiger partial charge in [-0.1, -0.05) is 65.5 Å². The molecule has 1 atom stereocenters. The topological polar surface area (TPSA) is 20.3 Å². The van der Waals surface area contributed by atoms with Gasteiger partial charge in [-0.05, 0) is 42.7 Å². The maximum absolute atomic E-state index is 13.1. The van der Waals surface area contributed by atoms with E-state index in [1.807, 2.05) is 35.2 Å². The van der Waals surface area contributed by atoms with Crippen molar-refractivity contribution in [3.05, 3.63) is 64.6 Å². The summed E-state index contributed by atoms with van der Waals surface area (Å²) in [4.78, 5) is 15.1. The lowest BCUT2D eigenvalue weighted by atomic mass is 9.60. The van der Waals surface area contributed by atoms with Gasteiger partial charge in [0.15, 0.2) is 0 Å². The summed E-state index contributed by atoms with van der Waals surface area (Å²) in [5.41, 5.74) is 2.09. The summed E-state index contributed by atoms with van der Waals surface area (Å²) in [6, 6.07) is 18.7. The van der Waals surface area contributed by atoms with Crippen molar-refractivity contribution in [2.24, 2.45) is 5.41 Å². The van der Waals surface area contributed by atoms with Crippen LogP contribution in [-0.2, 0) is 4.79 Å². The summed E-state index contributed by atoms with van der Waals surface area (Å²) in [5, 5.41) is 0. The maximum Gasteiger partial charge on any atom is 0.236 e. The van der Waals surface area contributed by atoms with Crippen LogP contribution in [0.3, 0.4) is 0 Å². The Labute approximate surface area is 145 Å². The zero-order valence-electron chi connectivity index (χ0n) is 13.0. The van der Waals surface area contributed by atoms with Gasteiger partial charge in [0.25, 0.3) is 0 Å². The molecule has 4 rings (SSSR count). The molecule has 0 radical (unpaired) electrons. The normalized spacial score (nSPS) is 22.9. The van der Waals surface area contributed by atoms with Crippen molar-refractivity contribution in [1.82, 2.24) is 0 Å². The van der Waals surface area contributed by atoms with Gasteiger partial charge in [-0.3, -0.25) is 4.79 Å². The van der Waals surface area contributed by atoms with E-state index in [0.717, 1.165) is 23.0 Å². The number of para-hydroxylation sites is 1. The van der Waals surface area contributed by atoms with Crippen molar-refractivity contribution >= 4 is 27.5 Å². The Morgan fingerprint density at radius 3 is 2.22 bits per heavy atom. The van der Waals surface area contributed by atoms with Crippen LogP contribution in [0, 0.1) is 5.41 Å². The van der Waals surface area contributed by atoms with Crippen LogP contribution < -0.4 is 4.90 Å². The van der Waals surface area contributed by atoms with Crippen molar-refractivity contribution in [2.45, 2.75) is 38.1 Å². The second kappa shape index (κ2) is 5.79. The molecule has 1 heterocycles. The summed E-state index contributed by atoms with van der Waals surface area (Å²) in [6.07, 6.45) is 5.64. The average Bonchev–Trinajstić information content (AvgIpc) is 2.61. The molecule has 2 aliphatic rings. The number of hydrogen-bond acceptors (Lipinski definition) is 1. The number of nitrogens with zero attached hydrogens (tertiary/aromatic N) is 1. The molecule has 2 aromatic carbocycles. The lowest BCUT2D eigenvalue weighted by Gasteiger charge is -2.58. The Morgan fingerprint density at radius 2 is 1.57 bits per heavy atom. The molecule has 23 heavy (non-hydrogen) atoms. The van der Waals surface area contributed by atoms with Crippen LogP contribution in [-0.4, -0.2) is 5.91 Å². The minimum absolute atomic E-state index is 0.172. The Bertz CT molecular complexity index is 704. The van der Waals surface area contributed by atoms with Crippen LogP contribution in [0.5, 0.6) is 0 Å². The van der Waals surface area contributed by atoms with E-state index in [-0.39, 0.29) is 11.5 Å². The highest BCUT2D eigenvalue weighted by atomic mass is 79.9. The van der Waals surface area contributed by atoms with Crippen LogP contribution in [0.2, 0.25) is 0 Å². The van der Waals surface area contributed by atoms with Crippen LogP contribution in [0.1, 0.15) is 43.7 Å². The highest BCUT2D eigenvalue weighted by molar-refractivity contribution is 9.10. The Morgan fingerprint density at radius 1 is 0.913 bits per heavy atom. The molecule has 1 amide bonds. The van der Waals surface area contributed by atoms with E-state index < -0.39 is 0 Å². The van der Waals surface area contributed by atoms with Crippen molar-refractivity contribution < 1.29 is 4.79 Å². The van der Waals surface area contributed by atoms with Gasteiger partial charge in [0.05, 0.1) is 11.5 Å². The third kappa shape index (κ3) is 2.33. The molecule has 1 saturated heterocycles. The number of rotatable bonds is 2. The SMILES string of the molecule is O=C1N(c2ccccc2)C(c2ccc(Br)cc2)C12CCCCC2. The first-order chi connectivity index (χ1) is 11.2. The summed E-state index contributed by atoms with van der Waals surface area (Å²) < 4.78 is 1.08. The molecule has 2 aromatic rings. The molecule has 2 fully saturated rings. The minimum Gasteiger partial charge on any atom is -0.303 e. The fraction of sp³-hybridized carbons (Fsp3) is 0.350. The van der Waals surface area contributed by atoms with Gasteiger partial charge in [0, 0.05) is 10.2 Å². The molecule has 1 unspecified atom stereocenters. The highest BCUT2D eigenvalue weighted by Gasteiger charge is 2.61. The number of carbonyl (C=O) groups is 1. The first-order valence-corrected chi connectivity index (χ1v) is 9.16. The molecule has 0 bridgehead atoms. The predicted molar refractivity (Wildman–Crippen MR) is 96.3 cm³/mol. The largest absolute Gasteiger partial charge is 0.303 e. The number of halogens is 1. The summed E-state index contributed by atoms with van der Waals surface area (Å²) >= 11 is 3.51. The summed E-state index contributed by atoms with van der Waals surface area (Å²) in [6.45, 7) is 0. The number of benzene rings is 2. The number of β-lactam (4-membered cyclic amide) rings is 1. The lowest BCUT2D eigenvalue weighted by molar-refractivity contribution is -0.143. The molecular formula is C20H20BrNO. The Kier molecular flexibility index (Phi) is 3.76. The molecule has 1 aliphatic heterocycles. The number of carbonyl (C=O) groups excluding carboxylic acids is 1. The van der Waals surface area contributed by atoms with Crippen LogP contribution in [0.15, 0.2) is 59.1 Å². The molecule has 1 saturated carbocycles. The van der Waals surface area contributed by atoms with Crippen LogP contribution in [0.4, 0.5) is 5.69 Å². The first-order valence-electron chi connectivity index (χ1n) is 8.37. The third-order valence-corrected chi connectivity index (χ3v) is 5.92. The molecular weight excluding hydrogens is 350 g/mol. The maximum atomic E-state index is 13.1. The Hall–Kier alpha value is -1.61. The molecule has 1 aliphatic carbocycles. The van der Waals surface area contributed by atoms with Crippen molar-refractivity contribution in [2.75, 3.05) is 4.90 Å². The molecule has 0 aromatic heterocycles. The van der Waals surface area contributed by atoms with E-state index in [4.69, 9.17) is 0 Å². The van der Waals surface area contributed by atoms with E-state index in [0.29, 0.717) is 5.91 Å². The zero-order valence-corrected chi connectivity index (χ0v) is 14.6. The second-order valence-corrected chi connectivity index (χ2v) is 7.60. The van der Waals surface area contributed by atoms with Crippen LogP contribution in [0.25, 0.3) is 0 Å². The van der Waals surface area contributed by atoms with Gasteiger partial charge in [0.2, 0.25) is 5.91 Å². The van der Waals surface area contributed by atoms with Gasteiger partial charge < -0.3 is 4.90 Å². The fourth-order valence-corrected chi connectivity index (χ4v) is 4.56. The van der Waals surface area contributed by atoms with Crippen molar-refractivity contribution in [3.63, 3.8) is 0 Å². The summed E-state index contributed by atoms with van der Waals surface area (Å²) in [5.74, 6) is 0.316. The molecule has 3 heteroatoms. The van der Waals surface area contributed by atoms with Gasteiger partial charge in [-0.15, -0.1) is 0 Å². The predicted octanol–water partition coefficient (Wildman–Crippen LogP) is 5.49. The lowest BCUT2D eigenvalue weighted by Crippen LogP contribution is -2.64. The number of anilines is 1. The van der Waals surface area contributed by atoms with E-state index in [1.165, 1.54) is 24.8 Å². The average molecular weight is 370 g/mol. The van der Waals surface area contributed by atoms with Gasteiger partial charge >= 0.3 is 0 Å². The van der Waals surface area contributed by atoms with Crippen molar-refractivity contribution in [1.29, 1.82) is 0 Å². The molecule has 118 valence electrons. The smallest absolute Gasteiger partial charge is 0.236 e. The van der Waals surface area contributed by atoms with E-state index in [1.54, 1.807) is 0 Å². The van der Waals surface area contributed by atoms with Crippen LogP contribution >= 0.6 is 15.9 Å². The monoisotopic (exact) mass is 369 g/mol. The quantitative estimate of drug-likeness (QED) is 0.641. The van der Waals surface area contributed by atoms with Crippen molar-refractivity contribution in [3.8, 4) is 0 Å². The molecule has 1 spiro atoms. The highest BCUT2D eigenvalue weighted by Crippen LogP contribution is 2.59. The van der Waals surface area contributed by atoms with E-state index in [2.05, 4.69) is 40.2 Å².